The van der Waals surface area contributed by atoms with Crippen LogP contribution in [-0.4, -0.2) is 18.1 Å². The molecule has 1 heterocycles. The minimum Gasteiger partial charge on any atom is -0.260 e. The number of nitrogens with zero attached hydrogens (tertiary/aromatic N) is 2. The summed E-state index contributed by atoms with van der Waals surface area (Å²) in [6.45, 7) is 9.38. The quantitative estimate of drug-likeness (QED) is 0.407. The largest absolute Gasteiger partial charge is 0.260 e. The molecule has 3 aromatic rings. The number of halogens is 2. The summed E-state index contributed by atoms with van der Waals surface area (Å²) in [5.41, 5.74) is 7.69. The molecule has 0 radical (unpaired) electrons. The van der Waals surface area contributed by atoms with E-state index in [4.69, 9.17) is 28.2 Å². The van der Waals surface area contributed by atoms with Gasteiger partial charge in [0.2, 0.25) is 0 Å². The maximum Gasteiger partial charge on any atom is 0.158 e. The molecule has 0 fully saturated rings. The summed E-state index contributed by atoms with van der Waals surface area (Å²) < 4.78 is 0. The second-order valence-electron chi connectivity index (χ2n) is 8.61. The van der Waals surface area contributed by atoms with E-state index in [1.54, 1.807) is 0 Å². The summed E-state index contributed by atoms with van der Waals surface area (Å²) in [6, 6.07) is 20.5. The van der Waals surface area contributed by atoms with Crippen LogP contribution in [0.25, 0.3) is 11.1 Å². The lowest BCUT2D eigenvalue weighted by molar-refractivity contribution is 0.590. The van der Waals surface area contributed by atoms with Gasteiger partial charge in [0.1, 0.15) is 0 Å². The van der Waals surface area contributed by atoms with E-state index in [0.29, 0.717) is 28.0 Å². The zero-order chi connectivity index (χ0) is 21.5. The molecule has 0 aromatic heterocycles. The van der Waals surface area contributed by atoms with Crippen molar-refractivity contribution in [1.82, 2.24) is 0 Å². The normalized spacial score (nSPS) is 13.9. The maximum atomic E-state index is 6.39. The molecule has 0 saturated heterocycles. The van der Waals surface area contributed by atoms with Crippen molar-refractivity contribution in [2.24, 2.45) is 9.98 Å². The molecule has 0 amide bonds. The summed E-state index contributed by atoms with van der Waals surface area (Å²) in [4.78, 5) is 9.53. The van der Waals surface area contributed by atoms with Crippen LogP contribution in [0.3, 0.4) is 0 Å². The third-order valence-electron chi connectivity index (χ3n) is 5.48. The Balaban J connectivity index is 1.85. The zero-order valence-electron chi connectivity index (χ0n) is 17.6. The third kappa shape index (κ3) is 3.95. The summed E-state index contributed by atoms with van der Waals surface area (Å²) in [5, 5.41) is 1.13. The number of aliphatic imine (C=N–C) groups is 2. The van der Waals surface area contributed by atoms with Crippen molar-refractivity contribution >= 4 is 34.7 Å². The molecule has 2 nitrogen and oxygen atoms in total. The Morgan fingerprint density at radius 2 is 1.47 bits per heavy atom. The first-order valence-electron chi connectivity index (χ1n) is 10.0. The maximum absolute atomic E-state index is 6.39. The molecule has 1 aliphatic heterocycles. The molecule has 3 aromatic carbocycles. The van der Waals surface area contributed by atoms with Gasteiger partial charge >= 0.3 is 0 Å². The molecule has 0 atom stereocenters. The summed E-state index contributed by atoms with van der Waals surface area (Å²) in [6.07, 6.45) is 0. The van der Waals surface area contributed by atoms with Gasteiger partial charge in [-0.2, -0.15) is 0 Å². The number of hydrogen-bond acceptors (Lipinski definition) is 2. The van der Waals surface area contributed by atoms with Crippen LogP contribution in [0.2, 0.25) is 10.0 Å². The van der Waals surface area contributed by atoms with Gasteiger partial charge in [0, 0.05) is 5.56 Å². The Labute approximate surface area is 188 Å². The van der Waals surface area contributed by atoms with Gasteiger partial charge in [-0.3, -0.25) is 4.99 Å². The molecular formula is C26H24Cl2N2. The molecule has 0 unspecified atom stereocenters. The lowest BCUT2D eigenvalue weighted by Crippen LogP contribution is -2.15. The minimum absolute atomic E-state index is 0.0148. The fraction of sp³-hybridized carbons (Fsp3) is 0.231. The Bertz CT molecular complexity index is 1150. The summed E-state index contributed by atoms with van der Waals surface area (Å²) >= 11 is 12.8. The molecule has 0 aliphatic carbocycles. The van der Waals surface area contributed by atoms with Gasteiger partial charge < -0.3 is 0 Å². The van der Waals surface area contributed by atoms with Crippen molar-refractivity contribution < 1.29 is 0 Å². The predicted octanol–water partition coefficient (Wildman–Crippen LogP) is 7.52. The topological polar surface area (TPSA) is 24.7 Å². The van der Waals surface area contributed by atoms with E-state index in [9.17, 15) is 0 Å². The van der Waals surface area contributed by atoms with Crippen LogP contribution in [0.5, 0.6) is 0 Å². The van der Waals surface area contributed by atoms with E-state index < -0.39 is 0 Å². The molecule has 1 aliphatic rings. The number of benzene rings is 3. The molecule has 152 valence electrons. The van der Waals surface area contributed by atoms with E-state index in [-0.39, 0.29) is 5.41 Å². The molecule has 0 N–H and O–H groups in total. The van der Waals surface area contributed by atoms with E-state index >= 15 is 0 Å². The Kier molecular flexibility index (Phi) is 5.57. The van der Waals surface area contributed by atoms with Crippen LogP contribution in [0.15, 0.2) is 70.6 Å². The molecule has 0 saturated carbocycles. The van der Waals surface area contributed by atoms with Gasteiger partial charge in [-0.15, -0.1) is 0 Å². The first-order valence-corrected chi connectivity index (χ1v) is 10.8. The van der Waals surface area contributed by atoms with Crippen molar-refractivity contribution in [2.75, 3.05) is 6.54 Å². The van der Waals surface area contributed by atoms with Crippen molar-refractivity contribution in [3.05, 3.63) is 93.0 Å². The van der Waals surface area contributed by atoms with Gasteiger partial charge in [-0.05, 0) is 52.8 Å². The second-order valence-corrected chi connectivity index (χ2v) is 9.42. The molecular weight excluding hydrogens is 411 g/mol. The highest BCUT2D eigenvalue weighted by Gasteiger charge is 2.23. The molecule has 30 heavy (non-hydrogen) atoms. The number of rotatable bonds is 3. The van der Waals surface area contributed by atoms with E-state index in [1.165, 1.54) is 22.3 Å². The highest BCUT2D eigenvalue weighted by atomic mass is 35.5. The van der Waals surface area contributed by atoms with E-state index in [1.807, 2.05) is 24.3 Å². The lowest BCUT2D eigenvalue weighted by Gasteiger charge is -2.23. The van der Waals surface area contributed by atoms with Crippen LogP contribution in [0, 0.1) is 6.92 Å². The van der Waals surface area contributed by atoms with Crippen LogP contribution < -0.4 is 0 Å². The fourth-order valence-corrected chi connectivity index (χ4v) is 4.27. The Morgan fingerprint density at radius 3 is 2.10 bits per heavy atom. The van der Waals surface area contributed by atoms with Gasteiger partial charge in [-0.25, -0.2) is 4.99 Å². The predicted molar refractivity (Wildman–Crippen MR) is 130 cm³/mol. The van der Waals surface area contributed by atoms with Crippen LogP contribution in [-0.2, 0) is 5.41 Å². The van der Waals surface area contributed by atoms with Crippen molar-refractivity contribution in [2.45, 2.75) is 33.1 Å². The Morgan fingerprint density at radius 1 is 0.833 bits per heavy atom. The fourth-order valence-electron chi connectivity index (χ4n) is 3.70. The van der Waals surface area contributed by atoms with Gasteiger partial charge in [0.05, 0.1) is 27.9 Å². The zero-order valence-corrected chi connectivity index (χ0v) is 19.1. The smallest absolute Gasteiger partial charge is 0.158 e. The minimum atomic E-state index is 0.0148. The van der Waals surface area contributed by atoms with E-state index in [0.717, 1.165) is 11.3 Å². The first-order chi connectivity index (χ1) is 14.3. The SMILES string of the molecule is Cc1c(C2=NC(c3c(Cl)cccc3Cl)=NC2)cc(C(C)(C)C)cc1-c1ccccc1. The van der Waals surface area contributed by atoms with Crippen LogP contribution in [0.4, 0.5) is 0 Å². The van der Waals surface area contributed by atoms with Gasteiger partial charge in [0.15, 0.2) is 5.84 Å². The average Bonchev–Trinajstić information content (AvgIpc) is 3.17. The highest BCUT2D eigenvalue weighted by molar-refractivity contribution is 6.41. The number of hydrogen-bond donors (Lipinski definition) is 0. The monoisotopic (exact) mass is 434 g/mol. The van der Waals surface area contributed by atoms with Crippen LogP contribution >= 0.6 is 23.2 Å². The summed E-state index contributed by atoms with van der Waals surface area (Å²) in [7, 11) is 0. The third-order valence-corrected chi connectivity index (χ3v) is 6.11. The van der Waals surface area contributed by atoms with Gasteiger partial charge in [-0.1, -0.05) is 86.4 Å². The lowest BCUT2D eigenvalue weighted by atomic mass is 9.81. The Hall–Kier alpha value is -2.42. The van der Waals surface area contributed by atoms with E-state index in [2.05, 4.69) is 69.1 Å². The van der Waals surface area contributed by atoms with Gasteiger partial charge in [0.25, 0.3) is 0 Å². The standard InChI is InChI=1S/C26H24Cl2N2/c1-16-19(17-9-6-5-7-10-17)13-18(26(2,3)4)14-20(16)23-15-29-25(30-23)24-21(27)11-8-12-22(24)28/h5-14H,15H2,1-4H3. The molecule has 4 heteroatoms. The van der Waals surface area contributed by atoms with Crippen molar-refractivity contribution in [3.8, 4) is 11.1 Å². The average molecular weight is 435 g/mol. The first kappa shape index (κ1) is 20.8. The molecule has 0 spiro atoms. The number of amidine groups is 1. The summed E-state index contributed by atoms with van der Waals surface area (Å²) in [5.74, 6) is 0.599. The van der Waals surface area contributed by atoms with Crippen molar-refractivity contribution in [1.29, 1.82) is 0 Å². The van der Waals surface area contributed by atoms with Crippen LogP contribution in [0.1, 0.15) is 43.0 Å². The second kappa shape index (κ2) is 8.02. The highest BCUT2D eigenvalue weighted by Crippen LogP contribution is 2.34. The van der Waals surface area contributed by atoms with Crippen molar-refractivity contribution in [3.63, 3.8) is 0 Å². The molecule has 4 rings (SSSR count). The molecule has 0 bridgehead atoms.